The number of carbonyl (C=O) groups is 1. The summed E-state index contributed by atoms with van der Waals surface area (Å²) >= 11 is 0. The number of benzene rings is 1. The summed E-state index contributed by atoms with van der Waals surface area (Å²) in [6.45, 7) is 6.31. The molecule has 0 fully saturated rings. The standard InChI is InChI=1S/C20H25N3O3/c1-20(2,3)21-13-19(24)23-17(18-6-5-11-26-18)12-16(22-23)14-7-9-15(25-4)10-8-14/h5-11,17,21H,12-13H2,1-4H3. The van der Waals surface area contributed by atoms with E-state index in [4.69, 9.17) is 9.15 Å². The lowest BCUT2D eigenvalue weighted by atomic mass is 10.0. The van der Waals surface area contributed by atoms with Crippen molar-refractivity contribution in [2.75, 3.05) is 13.7 Å². The predicted molar refractivity (Wildman–Crippen MR) is 100 cm³/mol. The van der Waals surface area contributed by atoms with Crippen molar-refractivity contribution in [3.8, 4) is 5.75 Å². The zero-order valence-electron chi connectivity index (χ0n) is 15.7. The van der Waals surface area contributed by atoms with Crippen LogP contribution in [0.25, 0.3) is 0 Å². The van der Waals surface area contributed by atoms with Crippen molar-refractivity contribution in [1.82, 2.24) is 10.3 Å². The van der Waals surface area contributed by atoms with E-state index in [2.05, 4.69) is 10.4 Å². The Labute approximate surface area is 153 Å². The molecule has 0 saturated heterocycles. The van der Waals surface area contributed by atoms with Crippen molar-refractivity contribution in [3.63, 3.8) is 0 Å². The Morgan fingerprint density at radius 3 is 2.62 bits per heavy atom. The van der Waals surface area contributed by atoms with Crippen LogP contribution in [0.15, 0.2) is 52.2 Å². The summed E-state index contributed by atoms with van der Waals surface area (Å²) in [4.78, 5) is 12.8. The summed E-state index contributed by atoms with van der Waals surface area (Å²) in [6.07, 6.45) is 2.23. The second-order valence-corrected chi connectivity index (χ2v) is 7.35. The summed E-state index contributed by atoms with van der Waals surface area (Å²) in [5.74, 6) is 1.45. The van der Waals surface area contributed by atoms with E-state index in [9.17, 15) is 4.79 Å². The fourth-order valence-corrected chi connectivity index (χ4v) is 2.82. The third-order valence-corrected chi connectivity index (χ3v) is 4.23. The van der Waals surface area contributed by atoms with Crippen LogP contribution >= 0.6 is 0 Å². The molecule has 1 aromatic heterocycles. The van der Waals surface area contributed by atoms with E-state index >= 15 is 0 Å². The van der Waals surface area contributed by atoms with Crippen LogP contribution < -0.4 is 10.1 Å². The SMILES string of the molecule is COc1ccc(C2=NN(C(=O)CNC(C)(C)C)C(c3ccco3)C2)cc1. The fraction of sp³-hybridized carbons (Fsp3) is 0.400. The Morgan fingerprint density at radius 1 is 1.31 bits per heavy atom. The van der Waals surface area contributed by atoms with Gasteiger partial charge in [0.05, 0.1) is 25.6 Å². The molecule has 0 saturated carbocycles. The molecule has 1 aliphatic rings. The third kappa shape index (κ3) is 4.14. The molecule has 2 heterocycles. The summed E-state index contributed by atoms with van der Waals surface area (Å²) < 4.78 is 10.8. The van der Waals surface area contributed by atoms with Crippen LogP contribution in [-0.4, -0.2) is 35.8 Å². The van der Waals surface area contributed by atoms with E-state index < -0.39 is 0 Å². The van der Waals surface area contributed by atoms with Crippen molar-refractivity contribution in [3.05, 3.63) is 54.0 Å². The number of methoxy groups -OCH3 is 1. The van der Waals surface area contributed by atoms with Crippen LogP contribution in [0, 0.1) is 0 Å². The molecule has 3 rings (SSSR count). The minimum Gasteiger partial charge on any atom is -0.497 e. The molecule has 0 radical (unpaired) electrons. The zero-order chi connectivity index (χ0) is 18.7. The van der Waals surface area contributed by atoms with Gasteiger partial charge in [-0.3, -0.25) is 4.79 Å². The van der Waals surface area contributed by atoms with Gasteiger partial charge in [0, 0.05) is 12.0 Å². The molecule has 1 aromatic carbocycles. The number of hydrogen-bond donors (Lipinski definition) is 1. The average molecular weight is 355 g/mol. The maximum Gasteiger partial charge on any atom is 0.257 e. The van der Waals surface area contributed by atoms with E-state index in [0.717, 1.165) is 22.8 Å². The predicted octanol–water partition coefficient (Wildman–Crippen LogP) is 3.35. The second kappa shape index (κ2) is 7.33. The highest BCUT2D eigenvalue weighted by atomic mass is 16.5. The van der Waals surface area contributed by atoms with Gasteiger partial charge in [-0.15, -0.1) is 0 Å². The molecule has 0 aliphatic carbocycles. The number of ether oxygens (including phenoxy) is 1. The lowest BCUT2D eigenvalue weighted by molar-refractivity contribution is -0.132. The highest BCUT2D eigenvalue weighted by Crippen LogP contribution is 2.33. The lowest BCUT2D eigenvalue weighted by Gasteiger charge is -2.24. The van der Waals surface area contributed by atoms with Crippen molar-refractivity contribution >= 4 is 11.6 Å². The minimum atomic E-state index is -0.226. The van der Waals surface area contributed by atoms with Crippen LogP contribution in [0.1, 0.15) is 44.6 Å². The smallest absolute Gasteiger partial charge is 0.257 e. The second-order valence-electron chi connectivity index (χ2n) is 7.35. The van der Waals surface area contributed by atoms with Crippen LogP contribution in [0.4, 0.5) is 0 Å². The van der Waals surface area contributed by atoms with E-state index in [1.165, 1.54) is 5.01 Å². The quantitative estimate of drug-likeness (QED) is 0.893. The first-order valence-corrected chi connectivity index (χ1v) is 8.70. The van der Waals surface area contributed by atoms with E-state index in [1.54, 1.807) is 13.4 Å². The van der Waals surface area contributed by atoms with Gasteiger partial charge in [0.2, 0.25) is 0 Å². The first-order chi connectivity index (χ1) is 12.4. The normalized spacial score (nSPS) is 17.3. The number of nitrogens with zero attached hydrogens (tertiary/aromatic N) is 2. The Balaban J connectivity index is 1.83. The van der Waals surface area contributed by atoms with Crippen molar-refractivity contribution < 1.29 is 13.9 Å². The van der Waals surface area contributed by atoms with Gasteiger partial charge in [0.25, 0.3) is 5.91 Å². The third-order valence-electron chi connectivity index (χ3n) is 4.23. The van der Waals surface area contributed by atoms with Crippen LogP contribution in [0.3, 0.4) is 0 Å². The largest absolute Gasteiger partial charge is 0.497 e. The molecule has 1 N–H and O–H groups in total. The average Bonchev–Trinajstić information content (AvgIpc) is 3.28. The van der Waals surface area contributed by atoms with E-state index in [1.807, 2.05) is 57.2 Å². The molecular weight excluding hydrogens is 330 g/mol. The summed E-state index contributed by atoms with van der Waals surface area (Å²) in [6, 6.07) is 11.2. The van der Waals surface area contributed by atoms with E-state index in [-0.39, 0.29) is 24.0 Å². The minimum absolute atomic E-state index is 0.0789. The number of hydrogen-bond acceptors (Lipinski definition) is 5. The molecule has 138 valence electrons. The van der Waals surface area contributed by atoms with Gasteiger partial charge in [-0.2, -0.15) is 5.10 Å². The monoisotopic (exact) mass is 355 g/mol. The van der Waals surface area contributed by atoms with Gasteiger partial charge in [0.15, 0.2) is 0 Å². The molecule has 0 spiro atoms. The molecular formula is C20H25N3O3. The molecule has 6 heteroatoms. The van der Waals surface area contributed by atoms with Gasteiger partial charge in [0.1, 0.15) is 17.6 Å². The van der Waals surface area contributed by atoms with Crippen LogP contribution in [0.5, 0.6) is 5.75 Å². The molecule has 1 unspecified atom stereocenters. The van der Waals surface area contributed by atoms with Crippen molar-refractivity contribution in [2.24, 2.45) is 5.10 Å². The van der Waals surface area contributed by atoms with Crippen molar-refractivity contribution in [2.45, 2.75) is 38.8 Å². The number of nitrogens with one attached hydrogen (secondary N) is 1. The van der Waals surface area contributed by atoms with Gasteiger partial charge >= 0.3 is 0 Å². The summed E-state index contributed by atoms with van der Waals surface area (Å²) in [7, 11) is 1.64. The van der Waals surface area contributed by atoms with Crippen molar-refractivity contribution in [1.29, 1.82) is 0 Å². The molecule has 2 aromatic rings. The molecule has 6 nitrogen and oxygen atoms in total. The maximum atomic E-state index is 12.8. The number of carbonyl (C=O) groups excluding carboxylic acids is 1. The van der Waals surface area contributed by atoms with Gasteiger partial charge in [-0.05, 0) is 62.7 Å². The molecule has 1 amide bonds. The van der Waals surface area contributed by atoms with Gasteiger partial charge in [-0.1, -0.05) is 0 Å². The van der Waals surface area contributed by atoms with Gasteiger partial charge in [-0.25, -0.2) is 5.01 Å². The fourth-order valence-electron chi connectivity index (χ4n) is 2.82. The van der Waals surface area contributed by atoms with E-state index in [0.29, 0.717) is 6.42 Å². The Morgan fingerprint density at radius 2 is 2.04 bits per heavy atom. The number of rotatable bonds is 5. The number of furan rings is 1. The lowest BCUT2D eigenvalue weighted by Crippen LogP contribution is -2.43. The summed E-state index contributed by atoms with van der Waals surface area (Å²) in [5, 5.41) is 9.38. The highest BCUT2D eigenvalue weighted by Gasteiger charge is 2.34. The maximum absolute atomic E-state index is 12.8. The molecule has 26 heavy (non-hydrogen) atoms. The first kappa shape index (κ1) is 18.2. The number of hydrazone groups is 1. The van der Waals surface area contributed by atoms with Gasteiger partial charge < -0.3 is 14.5 Å². The van der Waals surface area contributed by atoms with Crippen LogP contribution in [0.2, 0.25) is 0 Å². The number of amides is 1. The Bertz CT molecular complexity index is 774. The summed E-state index contributed by atoms with van der Waals surface area (Å²) in [5.41, 5.74) is 1.69. The highest BCUT2D eigenvalue weighted by molar-refractivity contribution is 6.03. The Kier molecular flexibility index (Phi) is 5.13. The van der Waals surface area contributed by atoms with Crippen LogP contribution in [-0.2, 0) is 4.79 Å². The Hall–Kier alpha value is -2.60. The topological polar surface area (TPSA) is 67.1 Å². The molecule has 0 bridgehead atoms. The zero-order valence-corrected chi connectivity index (χ0v) is 15.7. The first-order valence-electron chi connectivity index (χ1n) is 8.70. The molecule has 1 atom stereocenters. The molecule has 1 aliphatic heterocycles.